The molecule has 0 spiro atoms. The van der Waals surface area contributed by atoms with Gasteiger partial charge in [-0.1, -0.05) is 18.2 Å². The average Bonchev–Trinajstić information content (AvgIpc) is 2.68. The van der Waals surface area contributed by atoms with Gasteiger partial charge in [0.15, 0.2) is 0 Å². The van der Waals surface area contributed by atoms with Gasteiger partial charge < -0.3 is 0 Å². The molecule has 0 aliphatic carbocycles. The van der Waals surface area contributed by atoms with Gasteiger partial charge in [-0.3, -0.25) is 23.3 Å². The first-order chi connectivity index (χ1) is 13.6. The van der Waals surface area contributed by atoms with Crippen LogP contribution in [-0.4, -0.2) is 30.2 Å². The van der Waals surface area contributed by atoms with Crippen LogP contribution in [0.25, 0.3) is 11.3 Å². The summed E-state index contributed by atoms with van der Waals surface area (Å²) in [5.74, 6) is 0. The van der Waals surface area contributed by atoms with Crippen molar-refractivity contribution in [2.24, 2.45) is 0 Å². The number of pyridine rings is 2. The van der Waals surface area contributed by atoms with Crippen LogP contribution in [0.1, 0.15) is 11.4 Å². The number of hydrogen-bond acceptors (Lipinski definition) is 5. The highest BCUT2D eigenvalue weighted by Gasteiger charge is 2.11. The summed E-state index contributed by atoms with van der Waals surface area (Å²) >= 11 is 0. The van der Waals surface area contributed by atoms with Crippen LogP contribution >= 0.6 is 0 Å². The fraction of sp³-hybridized carbons (Fsp3) is 0.143. The van der Waals surface area contributed by atoms with Gasteiger partial charge in [-0.25, -0.2) is 9.97 Å². The van der Waals surface area contributed by atoms with Gasteiger partial charge in [-0.05, 0) is 24.3 Å². The predicted octanol–water partition coefficient (Wildman–Crippen LogP) is 1.89. The van der Waals surface area contributed by atoms with E-state index in [1.54, 1.807) is 42.7 Å². The molecule has 7 heteroatoms. The molecule has 0 fully saturated rings. The summed E-state index contributed by atoms with van der Waals surface area (Å²) in [6.07, 6.45) is 5.17. The van der Waals surface area contributed by atoms with Crippen molar-refractivity contribution in [2.45, 2.75) is 13.1 Å². The fourth-order valence-corrected chi connectivity index (χ4v) is 3.19. The fourth-order valence-electron chi connectivity index (χ4n) is 3.19. The van der Waals surface area contributed by atoms with Gasteiger partial charge in [0.05, 0.1) is 11.4 Å². The lowest BCUT2D eigenvalue weighted by Gasteiger charge is -2.20. The summed E-state index contributed by atoms with van der Waals surface area (Å²) in [7, 11) is 0. The molecular formula is C21H19N5O2. The van der Waals surface area contributed by atoms with Crippen LogP contribution in [-0.2, 0) is 13.1 Å². The van der Waals surface area contributed by atoms with Gasteiger partial charge in [-0.15, -0.1) is 6.58 Å². The van der Waals surface area contributed by atoms with E-state index in [1.165, 1.54) is 20.9 Å². The van der Waals surface area contributed by atoms with Gasteiger partial charge in [0, 0.05) is 44.2 Å². The van der Waals surface area contributed by atoms with Crippen molar-refractivity contribution in [2.75, 3.05) is 6.54 Å². The molecule has 4 heterocycles. The molecule has 0 aliphatic rings. The van der Waals surface area contributed by atoms with E-state index in [1.807, 2.05) is 17.0 Å². The highest BCUT2D eigenvalue weighted by atomic mass is 16.1. The summed E-state index contributed by atoms with van der Waals surface area (Å²) in [5.41, 5.74) is 2.28. The molecule has 4 aromatic heterocycles. The molecule has 0 saturated heterocycles. The number of hydrogen-bond donors (Lipinski definition) is 0. The summed E-state index contributed by atoms with van der Waals surface area (Å²) in [6.45, 7) is 5.27. The van der Waals surface area contributed by atoms with E-state index < -0.39 is 0 Å². The second kappa shape index (κ2) is 7.58. The number of nitrogens with zero attached hydrogens (tertiary/aromatic N) is 5. The Morgan fingerprint density at radius 2 is 1.36 bits per heavy atom. The summed E-state index contributed by atoms with van der Waals surface area (Å²) in [5, 5.41) is 0. The van der Waals surface area contributed by atoms with Crippen molar-refractivity contribution < 1.29 is 0 Å². The van der Waals surface area contributed by atoms with Gasteiger partial charge in [0.1, 0.15) is 11.3 Å². The lowest BCUT2D eigenvalue weighted by molar-refractivity contribution is 0.279. The molecule has 140 valence electrons. The molecule has 4 aromatic rings. The third-order valence-corrected chi connectivity index (χ3v) is 4.41. The van der Waals surface area contributed by atoms with Crippen LogP contribution in [0.15, 0.2) is 83.2 Å². The predicted molar refractivity (Wildman–Crippen MR) is 107 cm³/mol. The highest BCUT2D eigenvalue weighted by molar-refractivity contribution is 5.39. The summed E-state index contributed by atoms with van der Waals surface area (Å²) < 4.78 is 3.01. The molecule has 0 N–H and O–H groups in total. The van der Waals surface area contributed by atoms with Crippen LogP contribution in [0.4, 0.5) is 0 Å². The Bertz CT molecular complexity index is 1180. The molecule has 0 aliphatic heterocycles. The summed E-state index contributed by atoms with van der Waals surface area (Å²) in [6, 6.07) is 14.0. The highest BCUT2D eigenvalue weighted by Crippen LogP contribution is 2.08. The Morgan fingerprint density at radius 1 is 0.857 bits per heavy atom. The Kier molecular flexibility index (Phi) is 4.82. The minimum Gasteiger partial charge on any atom is -0.288 e. The van der Waals surface area contributed by atoms with Crippen molar-refractivity contribution in [3.63, 3.8) is 0 Å². The van der Waals surface area contributed by atoms with Gasteiger partial charge in [-0.2, -0.15) is 0 Å². The molecule has 28 heavy (non-hydrogen) atoms. The van der Waals surface area contributed by atoms with Crippen LogP contribution < -0.4 is 11.1 Å². The van der Waals surface area contributed by atoms with Crippen LogP contribution in [0.2, 0.25) is 0 Å². The molecule has 0 aromatic carbocycles. The zero-order valence-electron chi connectivity index (χ0n) is 15.2. The van der Waals surface area contributed by atoms with Gasteiger partial charge >= 0.3 is 0 Å². The zero-order valence-corrected chi connectivity index (χ0v) is 15.2. The second-order valence-electron chi connectivity index (χ2n) is 6.49. The number of aromatic nitrogens is 4. The Balaban J connectivity index is 1.64. The first kappa shape index (κ1) is 17.8. The first-order valence-electron chi connectivity index (χ1n) is 8.92. The SMILES string of the molecule is C=CCN(Cc1cc(=O)n2ccccc2n1)Cc1cc(=O)n2ccccc2n1. The van der Waals surface area contributed by atoms with Gasteiger partial charge in [0.25, 0.3) is 11.1 Å². The standard InChI is InChI=1S/C21H19N5O2/c1-2-9-24(14-16-12-20(27)25-10-5-3-7-18(25)22-16)15-17-13-21(28)26-11-6-4-8-19(26)23-17/h2-8,10-13H,1,9,14-15H2. The van der Waals surface area contributed by atoms with Crippen LogP contribution in [0.5, 0.6) is 0 Å². The molecule has 0 atom stereocenters. The molecule has 4 rings (SSSR count). The lowest BCUT2D eigenvalue weighted by Crippen LogP contribution is -2.27. The minimum absolute atomic E-state index is 0.124. The lowest BCUT2D eigenvalue weighted by atomic mass is 10.3. The average molecular weight is 373 g/mol. The topological polar surface area (TPSA) is 72.0 Å². The van der Waals surface area contributed by atoms with E-state index in [9.17, 15) is 9.59 Å². The maximum Gasteiger partial charge on any atom is 0.258 e. The van der Waals surface area contributed by atoms with Crippen molar-refractivity contribution >= 4 is 11.3 Å². The van der Waals surface area contributed by atoms with E-state index in [4.69, 9.17) is 0 Å². The Labute approximate surface area is 160 Å². The van der Waals surface area contributed by atoms with Crippen molar-refractivity contribution in [3.05, 3.63) is 106 Å². The maximum absolute atomic E-state index is 12.3. The molecule has 7 nitrogen and oxygen atoms in total. The molecule has 0 amide bonds. The largest absolute Gasteiger partial charge is 0.288 e. The number of fused-ring (bicyclic) bond motifs is 2. The van der Waals surface area contributed by atoms with Crippen molar-refractivity contribution in [3.8, 4) is 0 Å². The second-order valence-corrected chi connectivity index (χ2v) is 6.49. The van der Waals surface area contributed by atoms with E-state index in [2.05, 4.69) is 16.5 Å². The number of rotatable bonds is 6. The van der Waals surface area contributed by atoms with E-state index in [0.717, 1.165) is 0 Å². The Morgan fingerprint density at radius 3 is 1.82 bits per heavy atom. The zero-order chi connectivity index (χ0) is 19.5. The van der Waals surface area contributed by atoms with E-state index in [-0.39, 0.29) is 11.1 Å². The van der Waals surface area contributed by atoms with Crippen molar-refractivity contribution in [1.82, 2.24) is 23.7 Å². The molecule has 0 saturated carbocycles. The van der Waals surface area contributed by atoms with E-state index >= 15 is 0 Å². The van der Waals surface area contributed by atoms with Crippen LogP contribution in [0.3, 0.4) is 0 Å². The third kappa shape index (κ3) is 3.60. The molecular weight excluding hydrogens is 354 g/mol. The molecule has 0 radical (unpaired) electrons. The first-order valence-corrected chi connectivity index (χ1v) is 8.92. The van der Waals surface area contributed by atoms with Crippen LogP contribution in [0, 0.1) is 0 Å². The normalized spacial score (nSPS) is 11.3. The summed E-state index contributed by atoms with van der Waals surface area (Å²) in [4.78, 5) is 35.8. The minimum atomic E-state index is -0.124. The van der Waals surface area contributed by atoms with Gasteiger partial charge in [0.2, 0.25) is 0 Å². The maximum atomic E-state index is 12.3. The smallest absolute Gasteiger partial charge is 0.258 e. The Hall–Kier alpha value is -3.58. The molecule has 0 unspecified atom stereocenters. The van der Waals surface area contributed by atoms with E-state index in [0.29, 0.717) is 42.3 Å². The quantitative estimate of drug-likeness (QED) is 0.483. The molecule has 0 bridgehead atoms. The monoisotopic (exact) mass is 373 g/mol. The third-order valence-electron chi connectivity index (χ3n) is 4.41. The van der Waals surface area contributed by atoms with Crippen molar-refractivity contribution in [1.29, 1.82) is 0 Å².